The fourth-order valence-corrected chi connectivity index (χ4v) is 2.67. The molecule has 1 heterocycles. The monoisotopic (exact) mass is 338 g/mol. The quantitative estimate of drug-likeness (QED) is 0.626. The highest BCUT2D eigenvalue weighted by Gasteiger charge is 2.17. The van der Waals surface area contributed by atoms with Crippen LogP contribution in [0, 0.1) is 0 Å². The van der Waals surface area contributed by atoms with Gasteiger partial charge in [0.05, 0.1) is 19.4 Å². The molecule has 2 rings (SSSR count). The van der Waals surface area contributed by atoms with Crippen LogP contribution in [-0.2, 0) is 12.8 Å². The van der Waals surface area contributed by atoms with Gasteiger partial charge in [0.2, 0.25) is 0 Å². The molecule has 0 saturated carbocycles. The number of aryl methyl sites for hydroxylation is 1. The first-order chi connectivity index (χ1) is 9.69. The third kappa shape index (κ3) is 3.23. The van der Waals surface area contributed by atoms with Gasteiger partial charge in [-0.25, -0.2) is 0 Å². The van der Waals surface area contributed by atoms with Crippen LogP contribution in [0.25, 0.3) is 0 Å². The Kier molecular flexibility index (Phi) is 5.23. The van der Waals surface area contributed by atoms with Crippen LogP contribution in [0.3, 0.4) is 0 Å². The number of methoxy groups -OCH3 is 1. The number of nitrogens with one attached hydrogen (secondary N) is 1. The summed E-state index contributed by atoms with van der Waals surface area (Å²) in [4.78, 5) is 0. The van der Waals surface area contributed by atoms with E-state index in [4.69, 9.17) is 15.0 Å². The Bertz CT molecular complexity index is 569. The molecule has 0 amide bonds. The highest BCUT2D eigenvalue weighted by molar-refractivity contribution is 9.10. The summed E-state index contributed by atoms with van der Waals surface area (Å²) in [6.45, 7) is 2.07. The molecule has 108 valence electrons. The SMILES string of the molecule is CCc1occc1C(Cc1cc(OC)ccc1Br)NN. The number of ether oxygens (including phenoxy) is 1. The predicted octanol–water partition coefficient (Wildman–Crippen LogP) is 3.36. The smallest absolute Gasteiger partial charge is 0.119 e. The second kappa shape index (κ2) is 6.92. The lowest BCUT2D eigenvalue weighted by atomic mass is 9.99. The zero-order chi connectivity index (χ0) is 14.5. The molecular formula is C15H19BrN2O2. The zero-order valence-electron chi connectivity index (χ0n) is 11.7. The van der Waals surface area contributed by atoms with Crippen LogP contribution in [0.2, 0.25) is 0 Å². The van der Waals surface area contributed by atoms with Gasteiger partial charge in [-0.15, -0.1) is 0 Å². The van der Waals surface area contributed by atoms with Gasteiger partial charge in [-0.3, -0.25) is 11.3 Å². The maximum atomic E-state index is 5.72. The predicted molar refractivity (Wildman–Crippen MR) is 82.5 cm³/mol. The summed E-state index contributed by atoms with van der Waals surface area (Å²) in [5, 5.41) is 0. The molecule has 1 atom stereocenters. The summed E-state index contributed by atoms with van der Waals surface area (Å²) in [6.07, 6.45) is 3.31. The molecule has 2 aromatic rings. The second-order valence-corrected chi connectivity index (χ2v) is 5.39. The van der Waals surface area contributed by atoms with Crippen LogP contribution in [0.4, 0.5) is 0 Å². The molecule has 0 spiro atoms. The summed E-state index contributed by atoms with van der Waals surface area (Å²) in [6, 6.07) is 7.90. The van der Waals surface area contributed by atoms with Crippen molar-refractivity contribution in [3.8, 4) is 5.75 Å². The van der Waals surface area contributed by atoms with Crippen LogP contribution >= 0.6 is 15.9 Å². The molecule has 0 aliphatic heterocycles. The van der Waals surface area contributed by atoms with Gasteiger partial charge in [0.15, 0.2) is 0 Å². The van der Waals surface area contributed by atoms with Crippen LogP contribution in [0.5, 0.6) is 5.75 Å². The molecule has 0 fully saturated rings. The minimum Gasteiger partial charge on any atom is -0.497 e. The maximum Gasteiger partial charge on any atom is 0.119 e. The first kappa shape index (κ1) is 15.1. The van der Waals surface area contributed by atoms with Gasteiger partial charge in [0, 0.05) is 16.5 Å². The van der Waals surface area contributed by atoms with Crippen molar-refractivity contribution in [1.29, 1.82) is 0 Å². The first-order valence-corrected chi connectivity index (χ1v) is 7.33. The van der Waals surface area contributed by atoms with Gasteiger partial charge >= 0.3 is 0 Å². The van der Waals surface area contributed by atoms with E-state index in [9.17, 15) is 0 Å². The van der Waals surface area contributed by atoms with Gasteiger partial charge in [0.25, 0.3) is 0 Å². The summed E-state index contributed by atoms with van der Waals surface area (Å²) >= 11 is 3.57. The third-order valence-corrected chi connectivity index (χ3v) is 4.13. The highest BCUT2D eigenvalue weighted by Crippen LogP contribution is 2.29. The van der Waals surface area contributed by atoms with E-state index in [-0.39, 0.29) is 6.04 Å². The van der Waals surface area contributed by atoms with E-state index in [0.717, 1.165) is 40.0 Å². The number of benzene rings is 1. The van der Waals surface area contributed by atoms with E-state index >= 15 is 0 Å². The van der Waals surface area contributed by atoms with Crippen molar-refractivity contribution < 1.29 is 9.15 Å². The van der Waals surface area contributed by atoms with Crippen molar-refractivity contribution in [3.05, 3.63) is 51.9 Å². The number of rotatable bonds is 6. The first-order valence-electron chi connectivity index (χ1n) is 6.54. The largest absolute Gasteiger partial charge is 0.497 e. The molecule has 4 nitrogen and oxygen atoms in total. The number of halogens is 1. The number of nitrogens with two attached hydrogens (primary N) is 1. The van der Waals surface area contributed by atoms with E-state index < -0.39 is 0 Å². The number of hydrogen-bond donors (Lipinski definition) is 2. The average Bonchev–Trinajstić information content (AvgIpc) is 2.94. The van der Waals surface area contributed by atoms with E-state index in [2.05, 4.69) is 28.3 Å². The minimum absolute atomic E-state index is 0.00658. The highest BCUT2D eigenvalue weighted by atomic mass is 79.9. The average molecular weight is 339 g/mol. The van der Waals surface area contributed by atoms with Crippen molar-refractivity contribution in [1.82, 2.24) is 5.43 Å². The normalized spacial score (nSPS) is 12.4. The molecule has 0 radical (unpaired) electrons. The molecule has 5 heteroatoms. The topological polar surface area (TPSA) is 60.4 Å². The summed E-state index contributed by atoms with van der Waals surface area (Å²) < 4.78 is 11.8. The van der Waals surface area contributed by atoms with Gasteiger partial charge in [-0.1, -0.05) is 22.9 Å². The van der Waals surface area contributed by atoms with Crippen molar-refractivity contribution in [3.63, 3.8) is 0 Å². The Hall–Kier alpha value is -1.30. The summed E-state index contributed by atoms with van der Waals surface area (Å²) in [5.74, 6) is 7.52. The lowest BCUT2D eigenvalue weighted by Gasteiger charge is -2.17. The lowest BCUT2D eigenvalue weighted by Crippen LogP contribution is -2.30. The lowest BCUT2D eigenvalue weighted by molar-refractivity contribution is 0.413. The maximum absolute atomic E-state index is 5.72. The van der Waals surface area contributed by atoms with Crippen molar-refractivity contribution in [2.45, 2.75) is 25.8 Å². The van der Waals surface area contributed by atoms with E-state index in [1.165, 1.54) is 0 Å². The van der Waals surface area contributed by atoms with Gasteiger partial charge < -0.3 is 9.15 Å². The molecule has 0 saturated heterocycles. The molecule has 1 aromatic heterocycles. The van der Waals surface area contributed by atoms with Crippen LogP contribution in [0.15, 0.2) is 39.4 Å². The molecule has 3 N–H and O–H groups in total. The van der Waals surface area contributed by atoms with Gasteiger partial charge in [0.1, 0.15) is 11.5 Å². The Morgan fingerprint density at radius 2 is 2.20 bits per heavy atom. The van der Waals surface area contributed by atoms with E-state index in [1.807, 2.05) is 24.3 Å². The van der Waals surface area contributed by atoms with E-state index in [1.54, 1.807) is 13.4 Å². The van der Waals surface area contributed by atoms with Crippen molar-refractivity contribution >= 4 is 15.9 Å². The van der Waals surface area contributed by atoms with Gasteiger partial charge in [-0.2, -0.15) is 0 Å². The number of furan rings is 1. The molecule has 0 bridgehead atoms. The zero-order valence-corrected chi connectivity index (χ0v) is 13.2. The van der Waals surface area contributed by atoms with E-state index in [0.29, 0.717) is 0 Å². The molecule has 0 aliphatic rings. The number of hydrazine groups is 1. The molecule has 1 aromatic carbocycles. The molecule has 20 heavy (non-hydrogen) atoms. The Balaban J connectivity index is 2.26. The fraction of sp³-hybridized carbons (Fsp3) is 0.333. The van der Waals surface area contributed by atoms with Gasteiger partial charge in [-0.05, 0) is 36.2 Å². The van der Waals surface area contributed by atoms with Crippen molar-refractivity contribution in [2.24, 2.45) is 5.84 Å². The fourth-order valence-electron chi connectivity index (χ4n) is 2.26. The Morgan fingerprint density at radius 3 is 2.85 bits per heavy atom. The standard InChI is InChI=1S/C15H19BrN2O2/c1-3-15-12(6-7-20-15)14(18-17)9-10-8-11(19-2)4-5-13(10)16/h4-8,14,18H,3,9,17H2,1-2H3. The molecule has 0 aliphatic carbocycles. The van der Waals surface area contributed by atoms with Crippen LogP contribution in [0.1, 0.15) is 29.9 Å². The summed E-state index contributed by atoms with van der Waals surface area (Å²) in [5.41, 5.74) is 5.11. The molecular weight excluding hydrogens is 320 g/mol. The van der Waals surface area contributed by atoms with Crippen molar-refractivity contribution in [2.75, 3.05) is 7.11 Å². The Morgan fingerprint density at radius 1 is 1.40 bits per heavy atom. The minimum atomic E-state index is 0.00658. The summed E-state index contributed by atoms with van der Waals surface area (Å²) in [7, 11) is 1.66. The Labute approximate surface area is 127 Å². The second-order valence-electron chi connectivity index (χ2n) is 4.53. The molecule has 1 unspecified atom stereocenters. The number of hydrogen-bond acceptors (Lipinski definition) is 4. The van der Waals surface area contributed by atoms with Crippen LogP contribution in [-0.4, -0.2) is 7.11 Å². The van der Waals surface area contributed by atoms with Crippen LogP contribution < -0.4 is 16.0 Å². The third-order valence-electron chi connectivity index (χ3n) is 3.35.